The monoisotopic (exact) mass is 289 g/mol. The maximum atomic E-state index is 12.6. The van der Waals surface area contributed by atoms with Crippen LogP contribution in [0.4, 0.5) is 0 Å². The third kappa shape index (κ3) is 4.85. The SMILES string of the molecule is Cc1ccc(OCC(C)C)c(C(=O)CN2CCCCC2)c1. The highest BCUT2D eigenvalue weighted by molar-refractivity contribution is 6.00. The van der Waals surface area contributed by atoms with Crippen molar-refractivity contribution >= 4 is 5.78 Å². The van der Waals surface area contributed by atoms with Gasteiger partial charge in [-0.1, -0.05) is 31.9 Å². The summed E-state index contributed by atoms with van der Waals surface area (Å²) in [6.45, 7) is 9.49. The molecule has 21 heavy (non-hydrogen) atoms. The van der Waals surface area contributed by atoms with Gasteiger partial charge in [0.05, 0.1) is 18.7 Å². The van der Waals surface area contributed by atoms with Crippen LogP contribution in [0.2, 0.25) is 0 Å². The quantitative estimate of drug-likeness (QED) is 0.748. The number of hydrogen-bond donors (Lipinski definition) is 0. The maximum absolute atomic E-state index is 12.6. The van der Waals surface area contributed by atoms with Crippen LogP contribution in [-0.2, 0) is 0 Å². The van der Waals surface area contributed by atoms with Crippen molar-refractivity contribution in [1.29, 1.82) is 0 Å². The summed E-state index contributed by atoms with van der Waals surface area (Å²) in [4.78, 5) is 14.9. The van der Waals surface area contributed by atoms with Gasteiger partial charge in [-0.3, -0.25) is 9.69 Å². The van der Waals surface area contributed by atoms with Crippen molar-refractivity contribution in [1.82, 2.24) is 4.90 Å². The van der Waals surface area contributed by atoms with Gasteiger partial charge < -0.3 is 4.74 Å². The van der Waals surface area contributed by atoms with Crippen LogP contribution in [0.3, 0.4) is 0 Å². The third-order valence-corrected chi connectivity index (χ3v) is 3.82. The summed E-state index contributed by atoms with van der Waals surface area (Å²) < 4.78 is 5.82. The number of rotatable bonds is 6. The smallest absolute Gasteiger partial charge is 0.180 e. The Morgan fingerprint density at radius 2 is 1.95 bits per heavy atom. The van der Waals surface area contributed by atoms with Crippen molar-refractivity contribution in [2.75, 3.05) is 26.2 Å². The topological polar surface area (TPSA) is 29.5 Å². The number of piperidine rings is 1. The number of ether oxygens (including phenoxy) is 1. The first-order valence-corrected chi connectivity index (χ1v) is 8.05. The second-order valence-corrected chi connectivity index (χ2v) is 6.46. The Kier molecular flexibility index (Phi) is 5.80. The van der Waals surface area contributed by atoms with Gasteiger partial charge in [0.25, 0.3) is 0 Å². The average Bonchev–Trinajstić information content (AvgIpc) is 2.46. The number of aryl methyl sites for hydroxylation is 1. The van der Waals surface area contributed by atoms with E-state index in [2.05, 4.69) is 18.7 Å². The predicted molar refractivity (Wildman–Crippen MR) is 86.1 cm³/mol. The largest absolute Gasteiger partial charge is 0.493 e. The van der Waals surface area contributed by atoms with Gasteiger partial charge in [-0.15, -0.1) is 0 Å². The Hall–Kier alpha value is -1.35. The van der Waals surface area contributed by atoms with Crippen LogP contribution in [0.15, 0.2) is 18.2 Å². The molecule has 1 aliphatic heterocycles. The van der Waals surface area contributed by atoms with E-state index in [1.807, 2.05) is 25.1 Å². The van der Waals surface area contributed by atoms with Crippen molar-refractivity contribution in [2.24, 2.45) is 5.92 Å². The lowest BCUT2D eigenvalue weighted by Gasteiger charge is -2.26. The molecule has 1 fully saturated rings. The van der Waals surface area contributed by atoms with Crippen molar-refractivity contribution in [3.63, 3.8) is 0 Å². The fourth-order valence-electron chi connectivity index (χ4n) is 2.65. The molecule has 1 aliphatic rings. The predicted octanol–water partition coefficient (Wildman–Crippen LogP) is 3.70. The molecule has 0 saturated carbocycles. The molecule has 3 nitrogen and oxygen atoms in total. The molecule has 0 amide bonds. The minimum absolute atomic E-state index is 0.180. The van der Waals surface area contributed by atoms with Crippen molar-refractivity contribution in [2.45, 2.75) is 40.0 Å². The molecule has 3 heteroatoms. The van der Waals surface area contributed by atoms with Crippen LogP contribution >= 0.6 is 0 Å². The van der Waals surface area contributed by atoms with Gasteiger partial charge in [0, 0.05) is 0 Å². The number of nitrogens with zero attached hydrogens (tertiary/aromatic N) is 1. The van der Waals surface area contributed by atoms with Gasteiger partial charge in [-0.2, -0.15) is 0 Å². The van der Waals surface area contributed by atoms with Crippen LogP contribution in [0, 0.1) is 12.8 Å². The number of carbonyl (C=O) groups is 1. The minimum Gasteiger partial charge on any atom is -0.493 e. The molecule has 0 aromatic heterocycles. The molecular formula is C18H27NO2. The molecule has 0 unspecified atom stereocenters. The third-order valence-electron chi connectivity index (χ3n) is 3.82. The van der Waals surface area contributed by atoms with Crippen LogP contribution in [0.5, 0.6) is 5.75 Å². The highest BCUT2D eigenvalue weighted by Gasteiger charge is 2.18. The molecule has 1 aromatic carbocycles. The molecule has 1 aromatic rings. The minimum atomic E-state index is 0.180. The molecule has 0 atom stereocenters. The molecular weight excluding hydrogens is 262 g/mol. The number of Topliss-reactive ketones (excluding diaryl/α,β-unsaturated/α-hetero) is 1. The van der Waals surface area contributed by atoms with E-state index in [0.29, 0.717) is 19.1 Å². The van der Waals surface area contributed by atoms with Crippen LogP contribution in [-0.4, -0.2) is 36.9 Å². The van der Waals surface area contributed by atoms with E-state index in [0.717, 1.165) is 30.0 Å². The number of ketones is 1. The summed E-state index contributed by atoms with van der Waals surface area (Å²) in [5.41, 5.74) is 1.84. The van der Waals surface area contributed by atoms with Crippen molar-refractivity contribution < 1.29 is 9.53 Å². The number of likely N-dealkylation sites (tertiary alicyclic amines) is 1. The van der Waals surface area contributed by atoms with E-state index in [9.17, 15) is 4.79 Å². The number of carbonyl (C=O) groups excluding carboxylic acids is 1. The van der Waals surface area contributed by atoms with Gasteiger partial charge in [0.2, 0.25) is 0 Å². The first-order chi connectivity index (χ1) is 10.1. The lowest BCUT2D eigenvalue weighted by molar-refractivity contribution is 0.0911. The second-order valence-electron chi connectivity index (χ2n) is 6.46. The van der Waals surface area contributed by atoms with E-state index in [4.69, 9.17) is 4.74 Å². The fraction of sp³-hybridized carbons (Fsp3) is 0.611. The number of benzene rings is 1. The molecule has 0 aliphatic carbocycles. The Labute approximate surface area is 128 Å². The summed E-state index contributed by atoms with van der Waals surface area (Å²) in [5, 5.41) is 0. The van der Waals surface area contributed by atoms with E-state index in [1.54, 1.807) is 0 Å². The first kappa shape index (κ1) is 16.0. The standard InChI is InChI=1S/C18H27NO2/c1-14(2)13-21-18-8-7-15(3)11-16(18)17(20)12-19-9-5-4-6-10-19/h7-8,11,14H,4-6,9-10,12-13H2,1-3H3. The van der Waals surface area contributed by atoms with Gasteiger partial charge in [0.1, 0.15) is 5.75 Å². The Bertz CT molecular complexity index is 476. The molecule has 0 radical (unpaired) electrons. The molecule has 1 saturated heterocycles. The maximum Gasteiger partial charge on any atom is 0.180 e. The van der Waals surface area contributed by atoms with E-state index in [-0.39, 0.29) is 5.78 Å². The molecule has 0 bridgehead atoms. The zero-order chi connectivity index (χ0) is 15.2. The summed E-state index contributed by atoms with van der Waals surface area (Å²) >= 11 is 0. The summed E-state index contributed by atoms with van der Waals surface area (Å²) in [5.74, 6) is 1.37. The number of hydrogen-bond acceptors (Lipinski definition) is 3. The van der Waals surface area contributed by atoms with Gasteiger partial charge in [-0.05, 0) is 50.9 Å². The fourth-order valence-corrected chi connectivity index (χ4v) is 2.65. The van der Waals surface area contributed by atoms with Gasteiger partial charge >= 0.3 is 0 Å². The molecule has 0 spiro atoms. The molecule has 0 N–H and O–H groups in total. The van der Waals surface area contributed by atoms with Gasteiger partial charge in [0.15, 0.2) is 5.78 Å². The highest BCUT2D eigenvalue weighted by atomic mass is 16.5. The lowest BCUT2D eigenvalue weighted by Crippen LogP contribution is -2.34. The first-order valence-electron chi connectivity index (χ1n) is 8.05. The zero-order valence-corrected chi connectivity index (χ0v) is 13.5. The summed E-state index contributed by atoms with van der Waals surface area (Å²) in [7, 11) is 0. The highest BCUT2D eigenvalue weighted by Crippen LogP contribution is 2.22. The van der Waals surface area contributed by atoms with Crippen LogP contribution < -0.4 is 4.74 Å². The van der Waals surface area contributed by atoms with E-state index < -0.39 is 0 Å². The molecule has 116 valence electrons. The molecule has 1 heterocycles. The molecule has 2 rings (SSSR count). The Morgan fingerprint density at radius 3 is 2.62 bits per heavy atom. The Balaban J connectivity index is 2.08. The van der Waals surface area contributed by atoms with Crippen molar-refractivity contribution in [3.05, 3.63) is 29.3 Å². The summed E-state index contributed by atoms with van der Waals surface area (Å²) in [6, 6.07) is 5.90. The van der Waals surface area contributed by atoms with Crippen molar-refractivity contribution in [3.8, 4) is 5.75 Å². The van der Waals surface area contributed by atoms with E-state index in [1.165, 1.54) is 19.3 Å². The summed E-state index contributed by atoms with van der Waals surface area (Å²) in [6.07, 6.45) is 3.70. The Morgan fingerprint density at radius 1 is 1.24 bits per heavy atom. The lowest BCUT2D eigenvalue weighted by atomic mass is 10.0. The second kappa shape index (κ2) is 7.60. The van der Waals surface area contributed by atoms with E-state index >= 15 is 0 Å². The average molecular weight is 289 g/mol. The normalized spacial score (nSPS) is 16.2. The van der Waals surface area contributed by atoms with Crippen LogP contribution in [0.1, 0.15) is 49.0 Å². The van der Waals surface area contributed by atoms with Gasteiger partial charge in [-0.25, -0.2) is 0 Å². The van der Waals surface area contributed by atoms with Crippen LogP contribution in [0.25, 0.3) is 0 Å². The zero-order valence-electron chi connectivity index (χ0n) is 13.5.